The Kier molecular flexibility index (Phi) is 5.08. The number of carboxylic acid groups (broad SMARTS) is 1. The first-order chi connectivity index (χ1) is 10.0. The van der Waals surface area contributed by atoms with Crippen LogP contribution in [0.5, 0.6) is 0 Å². The lowest BCUT2D eigenvalue weighted by Crippen LogP contribution is -2.46. The molecule has 0 aliphatic carbocycles. The zero-order chi connectivity index (χ0) is 15.5. The van der Waals surface area contributed by atoms with Gasteiger partial charge in [0.15, 0.2) is 0 Å². The van der Waals surface area contributed by atoms with Crippen molar-refractivity contribution >= 4 is 12.0 Å². The van der Waals surface area contributed by atoms with Crippen molar-refractivity contribution in [2.45, 2.75) is 45.6 Å². The second kappa shape index (κ2) is 6.64. The Bertz CT molecular complexity index is 402. The highest BCUT2D eigenvalue weighted by molar-refractivity contribution is 5.79. The fraction of sp³-hybridized carbons (Fsp3) is 0.867. The van der Waals surface area contributed by atoms with Crippen molar-refractivity contribution in [3.63, 3.8) is 0 Å². The van der Waals surface area contributed by atoms with Gasteiger partial charge in [-0.05, 0) is 38.8 Å². The lowest BCUT2D eigenvalue weighted by molar-refractivity contribution is -0.148. The molecule has 120 valence electrons. The molecule has 2 saturated heterocycles. The first-order valence-electron chi connectivity index (χ1n) is 8.02. The second-order valence-electron chi connectivity index (χ2n) is 6.22. The Morgan fingerprint density at radius 3 is 2.67 bits per heavy atom. The Morgan fingerprint density at radius 2 is 2.10 bits per heavy atom. The van der Waals surface area contributed by atoms with Crippen LogP contribution in [-0.4, -0.2) is 65.7 Å². The number of likely N-dealkylation sites (tertiary alicyclic amines) is 2. The van der Waals surface area contributed by atoms with Crippen LogP contribution in [0.3, 0.4) is 0 Å². The van der Waals surface area contributed by atoms with Crippen molar-refractivity contribution in [1.82, 2.24) is 15.1 Å². The highest BCUT2D eigenvalue weighted by atomic mass is 16.4. The number of nitrogens with one attached hydrogen (secondary N) is 1. The molecule has 2 aliphatic heterocycles. The van der Waals surface area contributed by atoms with Gasteiger partial charge in [0.2, 0.25) is 0 Å². The molecule has 21 heavy (non-hydrogen) atoms. The van der Waals surface area contributed by atoms with E-state index < -0.39 is 11.4 Å². The van der Waals surface area contributed by atoms with Gasteiger partial charge in [0.05, 0.1) is 5.41 Å². The number of nitrogens with zero attached hydrogens (tertiary/aromatic N) is 2. The van der Waals surface area contributed by atoms with Crippen LogP contribution >= 0.6 is 0 Å². The van der Waals surface area contributed by atoms with Gasteiger partial charge in [-0.25, -0.2) is 4.79 Å². The minimum atomic E-state index is -0.784. The highest BCUT2D eigenvalue weighted by Gasteiger charge is 2.44. The third-order valence-electron chi connectivity index (χ3n) is 5.17. The van der Waals surface area contributed by atoms with E-state index in [1.165, 1.54) is 6.42 Å². The lowest BCUT2D eigenvalue weighted by atomic mass is 9.84. The molecule has 2 heterocycles. The van der Waals surface area contributed by atoms with E-state index in [4.69, 9.17) is 0 Å². The van der Waals surface area contributed by atoms with Crippen molar-refractivity contribution < 1.29 is 14.7 Å². The molecule has 2 atom stereocenters. The fourth-order valence-electron chi connectivity index (χ4n) is 3.52. The van der Waals surface area contributed by atoms with Gasteiger partial charge in [-0.2, -0.15) is 0 Å². The molecule has 0 aromatic rings. The second-order valence-corrected chi connectivity index (χ2v) is 6.22. The van der Waals surface area contributed by atoms with E-state index >= 15 is 0 Å². The predicted molar refractivity (Wildman–Crippen MR) is 80.2 cm³/mol. The summed E-state index contributed by atoms with van der Waals surface area (Å²) in [5.74, 6) is -0.784. The molecule has 0 aromatic heterocycles. The van der Waals surface area contributed by atoms with E-state index in [-0.39, 0.29) is 6.03 Å². The van der Waals surface area contributed by atoms with Gasteiger partial charge in [0.25, 0.3) is 0 Å². The molecule has 2 N–H and O–H groups in total. The van der Waals surface area contributed by atoms with E-state index in [1.807, 2.05) is 6.92 Å². The molecular formula is C15H27N3O3. The maximum atomic E-state index is 12.2. The Hall–Kier alpha value is -1.30. The van der Waals surface area contributed by atoms with Gasteiger partial charge in [0.1, 0.15) is 0 Å². The number of rotatable bonds is 5. The zero-order valence-electron chi connectivity index (χ0n) is 13.1. The van der Waals surface area contributed by atoms with Crippen molar-refractivity contribution in [3.8, 4) is 0 Å². The normalized spacial score (nSPS) is 29.8. The Morgan fingerprint density at radius 1 is 1.33 bits per heavy atom. The average Bonchev–Trinajstić information content (AvgIpc) is 3.11. The van der Waals surface area contributed by atoms with Gasteiger partial charge in [-0.15, -0.1) is 0 Å². The largest absolute Gasteiger partial charge is 0.481 e. The van der Waals surface area contributed by atoms with Crippen LogP contribution < -0.4 is 5.32 Å². The van der Waals surface area contributed by atoms with Crippen LogP contribution in [0.2, 0.25) is 0 Å². The van der Waals surface area contributed by atoms with E-state index in [9.17, 15) is 14.7 Å². The zero-order valence-corrected chi connectivity index (χ0v) is 13.1. The number of hydrogen-bond donors (Lipinski definition) is 2. The van der Waals surface area contributed by atoms with Crippen molar-refractivity contribution in [1.29, 1.82) is 0 Å². The molecule has 0 radical (unpaired) electrons. The molecular weight excluding hydrogens is 270 g/mol. The molecule has 2 unspecified atom stereocenters. The van der Waals surface area contributed by atoms with Gasteiger partial charge in [-0.1, -0.05) is 13.8 Å². The summed E-state index contributed by atoms with van der Waals surface area (Å²) >= 11 is 0. The standard InChI is InChI=1S/C15H27N3O3/c1-3-15(13(19)20)7-9-18(11-15)14(21)16-10-12-6-5-8-17(12)4-2/h12H,3-11H2,1-2H3,(H,16,21)(H,19,20). The number of hydrogen-bond acceptors (Lipinski definition) is 3. The SMILES string of the molecule is CCN1CCCC1CNC(=O)N1CCC(CC)(C(=O)O)C1. The van der Waals surface area contributed by atoms with Crippen LogP contribution in [0.25, 0.3) is 0 Å². The molecule has 2 aliphatic rings. The summed E-state index contributed by atoms with van der Waals surface area (Å²) in [5, 5.41) is 12.4. The van der Waals surface area contributed by atoms with E-state index in [1.54, 1.807) is 4.90 Å². The van der Waals surface area contributed by atoms with Crippen LogP contribution in [0.1, 0.15) is 39.5 Å². The van der Waals surface area contributed by atoms with Crippen LogP contribution in [0.4, 0.5) is 4.79 Å². The summed E-state index contributed by atoms with van der Waals surface area (Å²) in [7, 11) is 0. The van der Waals surface area contributed by atoms with E-state index in [2.05, 4.69) is 17.1 Å². The van der Waals surface area contributed by atoms with Gasteiger partial charge in [0, 0.05) is 25.7 Å². The summed E-state index contributed by atoms with van der Waals surface area (Å²) < 4.78 is 0. The maximum absolute atomic E-state index is 12.2. The molecule has 0 saturated carbocycles. The third-order valence-corrected chi connectivity index (χ3v) is 5.17. The molecule has 2 rings (SSSR count). The summed E-state index contributed by atoms with van der Waals surface area (Å²) in [4.78, 5) is 27.7. The molecule has 2 fully saturated rings. The van der Waals surface area contributed by atoms with Gasteiger partial charge >= 0.3 is 12.0 Å². The summed E-state index contributed by atoms with van der Waals surface area (Å²) in [6, 6.07) is 0.312. The predicted octanol–water partition coefficient (Wildman–Crippen LogP) is 1.37. The summed E-state index contributed by atoms with van der Waals surface area (Å²) in [5.41, 5.74) is -0.750. The first kappa shape index (κ1) is 16.1. The third kappa shape index (κ3) is 3.31. The van der Waals surface area contributed by atoms with Crippen LogP contribution in [0, 0.1) is 5.41 Å². The average molecular weight is 297 g/mol. The number of carbonyl (C=O) groups excluding carboxylic acids is 1. The number of aliphatic carboxylic acids is 1. The van der Waals surface area contributed by atoms with Crippen molar-refractivity contribution in [2.24, 2.45) is 5.41 Å². The molecule has 0 aromatic carbocycles. The quantitative estimate of drug-likeness (QED) is 0.804. The van der Waals surface area contributed by atoms with E-state index in [0.29, 0.717) is 38.5 Å². The number of urea groups is 1. The number of carbonyl (C=O) groups is 2. The molecule has 0 bridgehead atoms. The summed E-state index contributed by atoms with van der Waals surface area (Å²) in [6.45, 7) is 7.67. The number of carboxylic acids is 1. The maximum Gasteiger partial charge on any atom is 0.317 e. The van der Waals surface area contributed by atoms with Gasteiger partial charge < -0.3 is 15.3 Å². The first-order valence-corrected chi connectivity index (χ1v) is 8.02. The molecule has 0 spiro atoms. The topological polar surface area (TPSA) is 72.9 Å². The number of likely N-dealkylation sites (N-methyl/N-ethyl adjacent to an activating group) is 1. The molecule has 6 heteroatoms. The molecule has 2 amide bonds. The van der Waals surface area contributed by atoms with Crippen molar-refractivity contribution in [2.75, 3.05) is 32.7 Å². The minimum Gasteiger partial charge on any atom is -0.481 e. The Labute approximate surface area is 126 Å². The van der Waals surface area contributed by atoms with Gasteiger partial charge in [-0.3, -0.25) is 9.69 Å². The van der Waals surface area contributed by atoms with E-state index in [0.717, 1.165) is 19.5 Å². The molecule has 6 nitrogen and oxygen atoms in total. The smallest absolute Gasteiger partial charge is 0.317 e. The summed E-state index contributed by atoms with van der Waals surface area (Å²) in [6.07, 6.45) is 3.44. The minimum absolute atomic E-state index is 0.116. The highest BCUT2D eigenvalue weighted by Crippen LogP contribution is 2.34. The fourth-order valence-corrected chi connectivity index (χ4v) is 3.52. The van der Waals surface area contributed by atoms with Crippen molar-refractivity contribution in [3.05, 3.63) is 0 Å². The number of amides is 2. The lowest BCUT2D eigenvalue weighted by Gasteiger charge is -2.26. The Balaban J connectivity index is 1.83. The van der Waals surface area contributed by atoms with Crippen LogP contribution in [-0.2, 0) is 4.79 Å². The monoisotopic (exact) mass is 297 g/mol. The van der Waals surface area contributed by atoms with Crippen LogP contribution in [0.15, 0.2) is 0 Å².